The van der Waals surface area contributed by atoms with Crippen LogP contribution in [0.15, 0.2) is 180 Å². The Kier molecular flexibility index (Phi) is 5.90. The lowest BCUT2D eigenvalue weighted by Crippen LogP contribution is -2.42. The second-order valence-electron chi connectivity index (χ2n) is 12.4. The van der Waals surface area contributed by atoms with Gasteiger partial charge in [0.1, 0.15) is 0 Å². The van der Waals surface area contributed by atoms with Gasteiger partial charge in [0.05, 0.1) is 33.8 Å². The van der Waals surface area contributed by atoms with Gasteiger partial charge in [-0.25, -0.2) is 4.99 Å². The van der Waals surface area contributed by atoms with Gasteiger partial charge in [0.2, 0.25) is 5.96 Å². The number of hydrogen-bond acceptors (Lipinski definition) is 2. The molecule has 2 aliphatic rings. The molecule has 1 atom stereocenters. The molecule has 4 heteroatoms. The van der Waals surface area contributed by atoms with Crippen LogP contribution in [-0.2, 0) is 0 Å². The van der Waals surface area contributed by atoms with Crippen LogP contribution in [-0.4, -0.2) is 21.1 Å². The molecule has 0 radical (unpaired) electrons. The minimum Gasteiger partial charge on any atom is -0.345 e. The zero-order valence-corrected chi connectivity index (χ0v) is 26.1. The normalized spacial score (nSPS) is 15.8. The first-order valence-electron chi connectivity index (χ1n) is 16.4. The molecule has 0 amide bonds. The van der Waals surface area contributed by atoms with E-state index in [2.05, 4.69) is 184 Å². The molecule has 1 aliphatic carbocycles. The predicted molar refractivity (Wildman–Crippen MR) is 201 cm³/mol. The van der Waals surface area contributed by atoms with E-state index in [-0.39, 0.29) is 6.04 Å². The lowest BCUT2D eigenvalue weighted by atomic mass is 9.94. The van der Waals surface area contributed by atoms with Gasteiger partial charge in [-0.3, -0.25) is 4.57 Å². The van der Waals surface area contributed by atoms with Gasteiger partial charge in [-0.2, -0.15) is 0 Å². The minimum atomic E-state index is -0.0123. The van der Waals surface area contributed by atoms with Gasteiger partial charge in [-0.05, 0) is 35.4 Å². The lowest BCUT2D eigenvalue weighted by molar-refractivity contribution is 0.805. The van der Waals surface area contributed by atoms with E-state index in [1.807, 2.05) is 0 Å². The molecule has 1 unspecified atom stereocenters. The summed E-state index contributed by atoms with van der Waals surface area (Å²) < 4.78 is 4.77. The Bertz CT molecular complexity index is 2670. The van der Waals surface area contributed by atoms with Gasteiger partial charge in [0.15, 0.2) is 0 Å². The van der Waals surface area contributed by atoms with Crippen molar-refractivity contribution < 1.29 is 0 Å². The summed E-state index contributed by atoms with van der Waals surface area (Å²) in [6.45, 7) is 0. The molecule has 0 fully saturated rings. The topological polar surface area (TPSA) is 34.2 Å². The monoisotopic (exact) mass is 614 g/mol. The molecule has 6 aromatic carbocycles. The smallest absolute Gasteiger partial charge is 0.209 e. The molecule has 3 heterocycles. The molecule has 1 N–H and O–H groups in total. The Balaban J connectivity index is 1.27. The lowest BCUT2D eigenvalue weighted by Gasteiger charge is -2.29. The molecule has 226 valence electrons. The van der Waals surface area contributed by atoms with Crippen LogP contribution < -0.4 is 5.32 Å². The molecule has 0 bridgehead atoms. The van der Waals surface area contributed by atoms with Crippen LogP contribution >= 0.6 is 0 Å². The standard InChI is InChI=1S/C44H30N4/c1-3-13-29(14-4-1)30-23-25-31(26-24-30)41-37-19-7-10-20-38(37)45-44(46-41)48-40-22-12-9-18-34(40)36-28-27-35-33-17-8-11-21-39(33)47(42(35)43(36)48)32-15-5-2-6-16-32/h1-28,38H,(H,45,46). The van der Waals surface area contributed by atoms with Crippen LogP contribution in [0.3, 0.4) is 0 Å². The maximum atomic E-state index is 5.50. The van der Waals surface area contributed by atoms with Crippen molar-refractivity contribution in [2.24, 2.45) is 4.99 Å². The van der Waals surface area contributed by atoms with Crippen LogP contribution in [0.4, 0.5) is 0 Å². The molecule has 1 aliphatic heterocycles. The Hall–Kier alpha value is -6.39. The number of allylic oxidation sites excluding steroid dienone is 2. The fourth-order valence-corrected chi connectivity index (χ4v) is 7.60. The molecule has 10 rings (SSSR count). The summed E-state index contributed by atoms with van der Waals surface area (Å²) in [4.78, 5) is 5.50. The van der Waals surface area contributed by atoms with Crippen molar-refractivity contribution >= 4 is 55.3 Å². The van der Waals surface area contributed by atoms with Crippen molar-refractivity contribution in [3.05, 3.63) is 181 Å². The fraction of sp³-hybridized carbons (Fsp3) is 0.0227. The van der Waals surface area contributed by atoms with Crippen molar-refractivity contribution in [2.75, 3.05) is 0 Å². The summed E-state index contributed by atoms with van der Waals surface area (Å²) in [7, 11) is 0. The molecule has 4 nitrogen and oxygen atoms in total. The number of benzene rings is 6. The van der Waals surface area contributed by atoms with E-state index in [9.17, 15) is 0 Å². The van der Waals surface area contributed by atoms with E-state index in [4.69, 9.17) is 4.99 Å². The Morgan fingerprint density at radius 3 is 1.75 bits per heavy atom. The highest BCUT2D eigenvalue weighted by atomic mass is 15.2. The number of nitrogens with zero attached hydrogens (tertiary/aromatic N) is 3. The number of fused-ring (bicyclic) bond motifs is 8. The maximum Gasteiger partial charge on any atom is 0.209 e. The van der Waals surface area contributed by atoms with Crippen LogP contribution in [0.2, 0.25) is 0 Å². The third-order valence-electron chi connectivity index (χ3n) is 9.76. The second-order valence-corrected chi connectivity index (χ2v) is 12.4. The summed E-state index contributed by atoms with van der Waals surface area (Å²) in [6, 6.07) is 52.0. The van der Waals surface area contributed by atoms with Gasteiger partial charge in [-0.1, -0.05) is 146 Å². The second kappa shape index (κ2) is 10.6. The number of aromatic nitrogens is 2. The van der Waals surface area contributed by atoms with E-state index in [0.717, 1.165) is 39.5 Å². The highest BCUT2D eigenvalue weighted by Gasteiger charge is 2.28. The van der Waals surface area contributed by atoms with Crippen LogP contribution in [0.1, 0.15) is 5.56 Å². The van der Waals surface area contributed by atoms with Gasteiger partial charge >= 0.3 is 0 Å². The van der Waals surface area contributed by atoms with Gasteiger partial charge in [0.25, 0.3) is 0 Å². The van der Waals surface area contributed by atoms with E-state index in [1.165, 1.54) is 43.7 Å². The zero-order chi connectivity index (χ0) is 31.6. The van der Waals surface area contributed by atoms with E-state index >= 15 is 0 Å². The highest BCUT2D eigenvalue weighted by Crippen LogP contribution is 2.41. The number of aliphatic imine (C=N–C) groups is 1. The molecule has 0 spiro atoms. The van der Waals surface area contributed by atoms with E-state index in [0.29, 0.717) is 0 Å². The van der Waals surface area contributed by atoms with Gasteiger partial charge in [0, 0.05) is 38.4 Å². The first-order chi connectivity index (χ1) is 23.8. The largest absolute Gasteiger partial charge is 0.345 e. The SMILES string of the molecule is C1=CC2=C(c3ccc(-c4ccccc4)cc3)N=C(n3c4ccccc4c4ccc5c6ccccc6n(-c6ccccc6)c5c43)NC2C=C1. The van der Waals surface area contributed by atoms with Crippen molar-refractivity contribution in [1.29, 1.82) is 0 Å². The fourth-order valence-electron chi connectivity index (χ4n) is 7.60. The predicted octanol–water partition coefficient (Wildman–Crippen LogP) is 10.3. The quantitative estimate of drug-likeness (QED) is 0.211. The summed E-state index contributed by atoms with van der Waals surface area (Å²) in [5, 5.41) is 8.69. The molecule has 2 aromatic heterocycles. The van der Waals surface area contributed by atoms with Crippen molar-refractivity contribution in [3.63, 3.8) is 0 Å². The van der Waals surface area contributed by atoms with Crippen LogP contribution in [0.25, 0.3) is 66.1 Å². The van der Waals surface area contributed by atoms with Crippen LogP contribution in [0, 0.1) is 0 Å². The molecule has 0 saturated carbocycles. The minimum absolute atomic E-state index is 0.0123. The van der Waals surface area contributed by atoms with Crippen LogP contribution in [0.5, 0.6) is 0 Å². The third kappa shape index (κ3) is 3.99. The third-order valence-corrected chi connectivity index (χ3v) is 9.76. The Labute approximate surface area is 277 Å². The molecule has 8 aromatic rings. The number of hydrogen-bond donors (Lipinski definition) is 1. The van der Waals surface area contributed by atoms with Crippen molar-refractivity contribution in [2.45, 2.75) is 6.04 Å². The first kappa shape index (κ1) is 26.8. The summed E-state index contributed by atoms with van der Waals surface area (Å²) in [6.07, 6.45) is 8.65. The molecule has 48 heavy (non-hydrogen) atoms. The zero-order valence-electron chi connectivity index (χ0n) is 26.1. The average Bonchev–Trinajstić information content (AvgIpc) is 3.68. The van der Waals surface area contributed by atoms with E-state index in [1.54, 1.807) is 0 Å². The molecule has 0 saturated heterocycles. The molecular formula is C44H30N4. The van der Waals surface area contributed by atoms with Gasteiger partial charge in [-0.15, -0.1) is 0 Å². The van der Waals surface area contributed by atoms with Gasteiger partial charge < -0.3 is 9.88 Å². The maximum absolute atomic E-state index is 5.50. The summed E-state index contributed by atoms with van der Waals surface area (Å²) in [5.41, 5.74) is 11.4. The first-order valence-corrected chi connectivity index (χ1v) is 16.4. The summed E-state index contributed by atoms with van der Waals surface area (Å²) in [5.74, 6) is 0.814. The molecular weight excluding hydrogens is 585 g/mol. The Morgan fingerprint density at radius 1 is 0.479 bits per heavy atom. The van der Waals surface area contributed by atoms with E-state index < -0.39 is 0 Å². The summed E-state index contributed by atoms with van der Waals surface area (Å²) >= 11 is 0. The number of para-hydroxylation sites is 3. The average molecular weight is 615 g/mol. The number of nitrogens with one attached hydrogen (secondary N) is 1. The van der Waals surface area contributed by atoms with Crippen molar-refractivity contribution in [3.8, 4) is 16.8 Å². The number of rotatable bonds is 3. The Morgan fingerprint density at radius 2 is 1.04 bits per heavy atom. The highest BCUT2D eigenvalue weighted by molar-refractivity contribution is 6.26. The van der Waals surface area contributed by atoms with Crippen molar-refractivity contribution in [1.82, 2.24) is 14.5 Å².